The lowest BCUT2D eigenvalue weighted by Crippen LogP contribution is -2.40. The molecular formula is C14H25N3O2S. The predicted octanol–water partition coefficient (Wildman–Crippen LogP) is 1.90. The third kappa shape index (κ3) is 4.52. The van der Waals surface area contributed by atoms with E-state index in [0.29, 0.717) is 11.7 Å². The minimum absolute atomic E-state index is 0.0382. The average Bonchev–Trinajstić information content (AvgIpc) is 2.73. The van der Waals surface area contributed by atoms with Crippen LogP contribution in [0.3, 0.4) is 0 Å². The Kier molecular flexibility index (Phi) is 6.55. The van der Waals surface area contributed by atoms with Gasteiger partial charge >= 0.3 is 0 Å². The fraction of sp³-hybridized carbons (Fsp3) is 0.714. The fourth-order valence-corrected chi connectivity index (χ4v) is 2.77. The summed E-state index contributed by atoms with van der Waals surface area (Å²) in [5.74, 6) is 0.966. The first-order valence-electron chi connectivity index (χ1n) is 6.90. The monoisotopic (exact) mass is 299 g/mol. The average molecular weight is 299 g/mol. The van der Waals surface area contributed by atoms with Crippen molar-refractivity contribution in [2.24, 2.45) is 13.0 Å². The summed E-state index contributed by atoms with van der Waals surface area (Å²) in [6, 6.07) is 0.208. The molecule has 1 heterocycles. The summed E-state index contributed by atoms with van der Waals surface area (Å²) < 4.78 is 1.82. The van der Waals surface area contributed by atoms with Gasteiger partial charge in [-0.3, -0.25) is 4.79 Å². The van der Waals surface area contributed by atoms with Crippen LogP contribution < -0.4 is 0 Å². The van der Waals surface area contributed by atoms with E-state index in [1.807, 2.05) is 30.4 Å². The summed E-state index contributed by atoms with van der Waals surface area (Å²) in [6.07, 6.45) is 1.64. The quantitative estimate of drug-likeness (QED) is 0.781. The van der Waals surface area contributed by atoms with E-state index in [2.05, 4.69) is 18.8 Å². The van der Waals surface area contributed by atoms with Gasteiger partial charge in [-0.2, -0.15) is 0 Å². The molecule has 0 aliphatic heterocycles. The number of rotatable bonds is 7. The van der Waals surface area contributed by atoms with E-state index < -0.39 is 0 Å². The molecule has 114 valence electrons. The minimum atomic E-state index is -0.0382. The molecule has 0 unspecified atom stereocenters. The molecule has 0 aliphatic carbocycles. The lowest BCUT2D eigenvalue weighted by molar-refractivity contribution is -0.130. The highest BCUT2D eigenvalue weighted by Gasteiger charge is 2.19. The van der Waals surface area contributed by atoms with Gasteiger partial charge in [-0.05, 0) is 19.8 Å². The van der Waals surface area contributed by atoms with E-state index in [9.17, 15) is 4.79 Å². The van der Waals surface area contributed by atoms with Crippen LogP contribution in [0.2, 0.25) is 0 Å². The first-order valence-corrected chi connectivity index (χ1v) is 7.89. The fourth-order valence-electron chi connectivity index (χ4n) is 1.91. The van der Waals surface area contributed by atoms with Crippen molar-refractivity contribution in [2.75, 3.05) is 12.3 Å². The number of aromatic nitrogens is 2. The molecule has 0 saturated heterocycles. The number of nitrogens with zero attached hydrogens (tertiary/aromatic N) is 3. The largest absolute Gasteiger partial charge is 0.390 e. The van der Waals surface area contributed by atoms with Crippen molar-refractivity contribution in [1.29, 1.82) is 0 Å². The van der Waals surface area contributed by atoms with E-state index in [1.54, 1.807) is 6.20 Å². The van der Waals surface area contributed by atoms with Crippen molar-refractivity contribution in [1.82, 2.24) is 14.5 Å². The van der Waals surface area contributed by atoms with Gasteiger partial charge in [0.2, 0.25) is 5.91 Å². The summed E-state index contributed by atoms with van der Waals surface area (Å²) in [5, 5.41) is 9.88. The van der Waals surface area contributed by atoms with E-state index in [-0.39, 0.29) is 18.6 Å². The van der Waals surface area contributed by atoms with Crippen LogP contribution in [0.15, 0.2) is 11.4 Å². The normalized spacial score (nSPS) is 11.4. The minimum Gasteiger partial charge on any atom is -0.390 e. The molecule has 0 spiro atoms. The predicted molar refractivity (Wildman–Crippen MR) is 81.5 cm³/mol. The lowest BCUT2D eigenvalue weighted by atomic mass is 10.2. The SMILES string of the molecule is CC(C)CN(C(=O)CSc1ncc(CO)n1C)C(C)C. The van der Waals surface area contributed by atoms with Crippen LogP contribution in [0.1, 0.15) is 33.4 Å². The van der Waals surface area contributed by atoms with Crippen LogP contribution in [0.4, 0.5) is 0 Å². The topological polar surface area (TPSA) is 58.4 Å². The van der Waals surface area contributed by atoms with Crippen LogP contribution in [0.5, 0.6) is 0 Å². The molecule has 0 atom stereocenters. The third-order valence-electron chi connectivity index (χ3n) is 3.03. The van der Waals surface area contributed by atoms with Crippen molar-refractivity contribution in [3.05, 3.63) is 11.9 Å². The maximum absolute atomic E-state index is 12.3. The van der Waals surface area contributed by atoms with Gasteiger partial charge in [-0.15, -0.1) is 0 Å². The second-order valence-corrected chi connectivity index (χ2v) is 6.51. The number of imidazole rings is 1. The maximum atomic E-state index is 12.3. The van der Waals surface area contributed by atoms with E-state index in [0.717, 1.165) is 17.4 Å². The number of carbonyl (C=O) groups excluding carboxylic acids is 1. The molecule has 1 amide bonds. The van der Waals surface area contributed by atoms with Crippen molar-refractivity contribution < 1.29 is 9.90 Å². The highest BCUT2D eigenvalue weighted by Crippen LogP contribution is 2.18. The Morgan fingerprint density at radius 1 is 1.45 bits per heavy atom. The summed E-state index contributed by atoms with van der Waals surface area (Å²) in [7, 11) is 1.85. The van der Waals surface area contributed by atoms with Gasteiger partial charge in [0.05, 0.1) is 24.3 Å². The molecule has 0 bridgehead atoms. The zero-order valence-electron chi connectivity index (χ0n) is 13.0. The van der Waals surface area contributed by atoms with Gasteiger partial charge in [-0.1, -0.05) is 25.6 Å². The van der Waals surface area contributed by atoms with E-state index in [1.165, 1.54) is 11.8 Å². The molecule has 1 aromatic heterocycles. The molecule has 0 fully saturated rings. The highest BCUT2D eigenvalue weighted by atomic mass is 32.2. The number of carbonyl (C=O) groups is 1. The summed E-state index contributed by atoms with van der Waals surface area (Å²) in [6.45, 7) is 9.04. The first kappa shape index (κ1) is 17.0. The summed E-state index contributed by atoms with van der Waals surface area (Å²) in [4.78, 5) is 18.4. The standard InChI is InChI=1S/C14H25N3O2S/c1-10(2)7-17(11(3)4)13(19)9-20-14-15-6-12(8-18)16(14)5/h6,10-11,18H,7-9H2,1-5H3. The Morgan fingerprint density at radius 2 is 2.10 bits per heavy atom. The van der Waals surface area contributed by atoms with E-state index >= 15 is 0 Å². The molecule has 0 aliphatic rings. The molecule has 0 aromatic carbocycles. The van der Waals surface area contributed by atoms with Crippen LogP contribution >= 0.6 is 11.8 Å². The summed E-state index contributed by atoms with van der Waals surface area (Å²) in [5.41, 5.74) is 0.753. The number of aliphatic hydroxyl groups excluding tert-OH is 1. The van der Waals surface area contributed by atoms with Crippen LogP contribution in [0.25, 0.3) is 0 Å². The number of hydrogen-bond acceptors (Lipinski definition) is 4. The number of aliphatic hydroxyl groups is 1. The Hall–Kier alpha value is -1.01. The van der Waals surface area contributed by atoms with Crippen molar-refractivity contribution in [3.63, 3.8) is 0 Å². The van der Waals surface area contributed by atoms with Gasteiger partial charge in [0.15, 0.2) is 5.16 Å². The third-order valence-corrected chi connectivity index (χ3v) is 4.06. The summed E-state index contributed by atoms with van der Waals surface area (Å²) >= 11 is 1.41. The van der Waals surface area contributed by atoms with Crippen molar-refractivity contribution in [3.8, 4) is 0 Å². The zero-order chi connectivity index (χ0) is 15.3. The molecule has 6 heteroatoms. The smallest absolute Gasteiger partial charge is 0.233 e. The molecular weight excluding hydrogens is 274 g/mol. The maximum Gasteiger partial charge on any atom is 0.233 e. The lowest BCUT2D eigenvalue weighted by Gasteiger charge is -2.28. The Labute approximate surface area is 125 Å². The number of amides is 1. The molecule has 0 saturated carbocycles. The first-order chi connectivity index (χ1) is 9.36. The Bertz CT molecular complexity index is 444. The molecule has 0 radical (unpaired) electrons. The molecule has 1 N–H and O–H groups in total. The van der Waals surface area contributed by atoms with Gasteiger partial charge in [0.25, 0.3) is 0 Å². The van der Waals surface area contributed by atoms with Crippen molar-refractivity contribution in [2.45, 2.75) is 45.5 Å². The van der Waals surface area contributed by atoms with Crippen molar-refractivity contribution >= 4 is 17.7 Å². The van der Waals surface area contributed by atoms with E-state index in [4.69, 9.17) is 5.11 Å². The van der Waals surface area contributed by atoms with Crippen LogP contribution in [0, 0.1) is 5.92 Å². The molecule has 5 nitrogen and oxygen atoms in total. The molecule has 1 aromatic rings. The molecule has 1 rings (SSSR count). The zero-order valence-corrected chi connectivity index (χ0v) is 13.8. The van der Waals surface area contributed by atoms with Gasteiger partial charge < -0.3 is 14.6 Å². The number of hydrogen-bond donors (Lipinski definition) is 1. The Balaban J connectivity index is 2.62. The number of thioether (sulfide) groups is 1. The van der Waals surface area contributed by atoms with Gasteiger partial charge in [0, 0.05) is 19.6 Å². The second kappa shape index (κ2) is 7.69. The van der Waals surface area contributed by atoms with Crippen LogP contribution in [-0.4, -0.2) is 43.8 Å². The van der Waals surface area contributed by atoms with Gasteiger partial charge in [0.1, 0.15) is 0 Å². The van der Waals surface area contributed by atoms with Gasteiger partial charge in [-0.25, -0.2) is 4.98 Å². The molecule has 20 heavy (non-hydrogen) atoms. The highest BCUT2D eigenvalue weighted by molar-refractivity contribution is 7.99. The second-order valence-electron chi connectivity index (χ2n) is 5.57. The van der Waals surface area contributed by atoms with Crippen LogP contribution in [-0.2, 0) is 18.4 Å². The Morgan fingerprint density at radius 3 is 2.55 bits per heavy atom.